The molecule has 7 heteroatoms. The summed E-state index contributed by atoms with van der Waals surface area (Å²) in [6.45, 7) is 10.4. The molecule has 0 spiro atoms. The minimum absolute atomic E-state index is 0.273. The quantitative estimate of drug-likeness (QED) is 0.663. The lowest BCUT2D eigenvalue weighted by Gasteiger charge is -2.35. The van der Waals surface area contributed by atoms with Crippen molar-refractivity contribution < 1.29 is 13.9 Å². The van der Waals surface area contributed by atoms with Gasteiger partial charge in [-0.2, -0.15) is 5.10 Å². The molecule has 0 bridgehead atoms. The molecule has 1 saturated heterocycles. The van der Waals surface area contributed by atoms with E-state index in [1.807, 2.05) is 6.07 Å². The summed E-state index contributed by atoms with van der Waals surface area (Å²) in [5.41, 5.74) is 4.03. The molecule has 1 heterocycles. The monoisotopic (exact) mass is 336 g/mol. The van der Waals surface area contributed by atoms with Gasteiger partial charge in [0.2, 0.25) is 0 Å². The predicted octanol–water partition coefficient (Wildman–Crippen LogP) is 2.44. The van der Waals surface area contributed by atoms with Gasteiger partial charge in [-0.1, -0.05) is 13.0 Å². The molecule has 1 N–H and O–H groups in total. The Kier molecular flexibility index (Phi) is 6.54. The fraction of sp³-hybridized carbons (Fsp3) is 0.529. The third-order valence-electron chi connectivity index (χ3n) is 4.12. The van der Waals surface area contributed by atoms with E-state index in [1.165, 1.54) is 6.07 Å². The highest BCUT2D eigenvalue weighted by atomic mass is 19.1. The Hall–Kier alpha value is -2.15. The van der Waals surface area contributed by atoms with Crippen molar-refractivity contribution in [2.75, 3.05) is 44.2 Å². The normalized spacial score (nSPS) is 16.2. The maximum absolute atomic E-state index is 14.5. The van der Waals surface area contributed by atoms with Crippen molar-refractivity contribution in [2.45, 2.75) is 20.8 Å². The number of likely N-dealkylation sites (N-methyl/N-ethyl adjacent to an activating group) is 1. The summed E-state index contributed by atoms with van der Waals surface area (Å²) in [7, 11) is 0. The van der Waals surface area contributed by atoms with Crippen LogP contribution in [0.5, 0.6) is 0 Å². The van der Waals surface area contributed by atoms with Crippen LogP contribution in [0.4, 0.5) is 14.9 Å². The van der Waals surface area contributed by atoms with E-state index < -0.39 is 6.09 Å². The van der Waals surface area contributed by atoms with Crippen LogP contribution in [-0.2, 0) is 4.74 Å². The second kappa shape index (κ2) is 8.63. The maximum atomic E-state index is 14.5. The van der Waals surface area contributed by atoms with E-state index in [0.29, 0.717) is 17.0 Å². The zero-order valence-electron chi connectivity index (χ0n) is 14.5. The fourth-order valence-electron chi connectivity index (χ4n) is 2.65. The Morgan fingerprint density at radius 2 is 2.00 bits per heavy atom. The number of nitrogens with one attached hydrogen (secondary N) is 1. The van der Waals surface area contributed by atoms with Gasteiger partial charge in [0.25, 0.3) is 0 Å². The third kappa shape index (κ3) is 4.67. The van der Waals surface area contributed by atoms with E-state index in [0.717, 1.165) is 32.7 Å². The second-order valence-electron chi connectivity index (χ2n) is 5.62. The van der Waals surface area contributed by atoms with Crippen molar-refractivity contribution in [3.63, 3.8) is 0 Å². The minimum Gasteiger partial charge on any atom is -0.449 e. The number of nitrogens with zero attached hydrogens (tertiary/aromatic N) is 3. The van der Waals surface area contributed by atoms with Crippen LogP contribution in [0.15, 0.2) is 23.3 Å². The number of hydrogen-bond acceptors (Lipinski definition) is 5. The molecule has 1 aromatic carbocycles. The summed E-state index contributed by atoms with van der Waals surface area (Å²) in [6.07, 6.45) is -0.622. The Balaban J connectivity index is 2.04. The van der Waals surface area contributed by atoms with Crippen LogP contribution in [0.25, 0.3) is 0 Å². The molecule has 1 amide bonds. The largest absolute Gasteiger partial charge is 0.449 e. The van der Waals surface area contributed by atoms with E-state index >= 15 is 0 Å². The van der Waals surface area contributed by atoms with E-state index in [-0.39, 0.29) is 12.4 Å². The molecule has 0 unspecified atom stereocenters. The number of benzene rings is 1. The van der Waals surface area contributed by atoms with E-state index in [9.17, 15) is 9.18 Å². The molecule has 1 aliphatic heterocycles. The first-order valence-electron chi connectivity index (χ1n) is 8.29. The second-order valence-corrected chi connectivity index (χ2v) is 5.62. The Bertz CT molecular complexity index is 598. The molecule has 132 valence electrons. The zero-order chi connectivity index (χ0) is 17.5. The maximum Gasteiger partial charge on any atom is 0.427 e. The van der Waals surface area contributed by atoms with Crippen molar-refractivity contribution in [1.29, 1.82) is 0 Å². The number of hydrogen-bond donors (Lipinski definition) is 1. The first-order valence-corrected chi connectivity index (χ1v) is 8.29. The Morgan fingerprint density at radius 3 is 2.58 bits per heavy atom. The third-order valence-corrected chi connectivity index (χ3v) is 4.12. The zero-order valence-corrected chi connectivity index (χ0v) is 14.5. The van der Waals surface area contributed by atoms with Crippen molar-refractivity contribution in [2.24, 2.45) is 5.10 Å². The smallest absolute Gasteiger partial charge is 0.427 e. The van der Waals surface area contributed by atoms with Gasteiger partial charge in [0.15, 0.2) is 0 Å². The number of amides is 1. The van der Waals surface area contributed by atoms with Crippen molar-refractivity contribution in [1.82, 2.24) is 10.3 Å². The summed E-state index contributed by atoms with van der Waals surface area (Å²) in [6, 6.07) is 5.04. The molecule has 1 aromatic rings. The lowest BCUT2D eigenvalue weighted by Crippen LogP contribution is -2.46. The Morgan fingerprint density at radius 1 is 1.29 bits per heavy atom. The lowest BCUT2D eigenvalue weighted by atomic mass is 10.1. The summed E-state index contributed by atoms with van der Waals surface area (Å²) in [5.74, 6) is -0.275. The molecule has 0 aliphatic carbocycles. The van der Waals surface area contributed by atoms with Crippen LogP contribution < -0.4 is 10.3 Å². The van der Waals surface area contributed by atoms with Crippen LogP contribution in [0.1, 0.15) is 26.3 Å². The number of carbonyl (C=O) groups excluding carboxylic acids is 1. The number of carbonyl (C=O) groups is 1. The molecule has 0 atom stereocenters. The van der Waals surface area contributed by atoms with Crippen LogP contribution in [0, 0.1) is 5.82 Å². The molecule has 1 aliphatic rings. The molecule has 6 nitrogen and oxygen atoms in total. The average Bonchev–Trinajstić information content (AvgIpc) is 2.60. The highest BCUT2D eigenvalue weighted by Gasteiger charge is 2.18. The number of halogens is 1. The van der Waals surface area contributed by atoms with E-state index in [1.54, 1.807) is 19.9 Å². The van der Waals surface area contributed by atoms with Gasteiger partial charge in [-0.3, -0.25) is 0 Å². The molecular formula is C17H25FN4O2. The summed E-state index contributed by atoms with van der Waals surface area (Å²) < 4.78 is 19.2. The molecule has 0 radical (unpaired) electrons. The van der Waals surface area contributed by atoms with Gasteiger partial charge in [0.05, 0.1) is 18.0 Å². The Labute approximate surface area is 142 Å². The van der Waals surface area contributed by atoms with Crippen molar-refractivity contribution in [3.05, 3.63) is 29.6 Å². The van der Waals surface area contributed by atoms with Gasteiger partial charge in [-0.15, -0.1) is 0 Å². The molecule has 0 aromatic heterocycles. The van der Waals surface area contributed by atoms with Gasteiger partial charge < -0.3 is 14.5 Å². The van der Waals surface area contributed by atoms with Gasteiger partial charge in [0, 0.05) is 31.7 Å². The predicted molar refractivity (Wildman–Crippen MR) is 93.1 cm³/mol. The standard InChI is InChI=1S/C17H25FN4O2/c1-4-21-8-10-22(11-9-21)16-7-6-14(12-15(16)18)13(3)19-20-17(23)24-5-2/h6-7,12H,4-5,8-11H2,1-3H3,(H,20,23)/b19-13-. The highest BCUT2D eigenvalue weighted by molar-refractivity contribution is 5.99. The summed E-state index contributed by atoms with van der Waals surface area (Å²) in [4.78, 5) is 15.6. The number of hydrazone groups is 1. The summed E-state index contributed by atoms with van der Waals surface area (Å²) >= 11 is 0. The van der Waals surface area contributed by atoms with Crippen LogP contribution in [0.2, 0.25) is 0 Å². The van der Waals surface area contributed by atoms with Crippen molar-refractivity contribution in [3.8, 4) is 0 Å². The molecular weight excluding hydrogens is 311 g/mol. The molecule has 24 heavy (non-hydrogen) atoms. The van der Waals surface area contributed by atoms with Crippen LogP contribution >= 0.6 is 0 Å². The summed E-state index contributed by atoms with van der Waals surface area (Å²) in [5, 5.41) is 3.92. The van der Waals surface area contributed by atoms with Gasteiger partial charge in [0.1, 0.15) is 5.82 Å². The van der Waals surface area contributed by atoms with E-state index in [2.05, 4.69) is 27.3 Å². The topological polar surface area (TPSA) is 57.2 Å². The fourth-order valence-corrected chi connectivity index (χ4v) is 2.65. The number of ether oxygens (including phenoxy) is 1. The van der Waals surface area contributed by atoms with Crippen LogP contribution in [-0.4, -0.2) is 56.0 Å². The van der Waals surface area contributed by atoms with Crippen LogP contribution in [0.3, 0.4) is 0 Å². The van der Waals surface area contributed by atoms with Gasteiger partial charge in [-0.25, -0.2) is 14.6 Å². The first kappa shape index (κ1) is 18.2. The minimum atomic E-state index is -0.622. The van der Waals surface area contributed by atoms with Crippen molar-refractivity contribution >= 4 is 17.5 Å². The molecule has 2 rings (SSSR count). The number of anilines is 1. The molecule has 1 fully saturated rings. The average molecular weight is 336 g/mol. The van der Waals surface area contributed by atoms with Gasteiger partial charge in [-0.05, 0) is 32.5 Å². The first-order chi connectivity index (χ1) is 11.5. The SMILES string of the molecule is CCOC(=O)N/N=C(/C)c1ccc(N2CCN(CC)CC2)c(F)c1. The number of rotatable bonds is 5. The highest BCUT2D eigenvalue weighted by Crippen LogP contribution is 2.22. The number of piperazine rings is 1. The molecule has 0 saturated carbocycles. The van der Waals surface area contributed by atoms with E-state index in [4.69, 9.17) is 4.74 Å². The lowest BCUT2D eigenvalue weighted by molar-refractivity contribution is 0.152. The van der Waals surface area contributed by atoms with Gasteiger partial charge >= 0.3 is 6.09 Å².